The van der Waals surface area contributed by atoms with E-state index >= 15 is 0 Å². The summed E-state index contributed by atoms with van der Waals surface area (Å²) in [4.78, 5) is 0. The van der Waals surface area contributed by atoms with E-state index in [9.17, 15) is 0 Å². The number of benzene rings is 1. The van der Waals surface area contributed by atoms with Gasteiger partial charge >= 0.3 is 0 Å². The Hall–Kier alpha value is -1.54. The molecule has 1 heterocycles. The fourth-order valence-electron chi connectivity index (χ4n) is 2.95. The fraction of sp³-hybridized carbons (Fsp3) is 0.375. The molecule has 0 unspecified atom stereocenters. The highest BCUT2D eigenvalue weighted by molar-refractivity contribution is 5.73. The number of allylic oxidation sites excluding steroid dienone is 3. The Labute approximate surface area is 109 Å². The van der Waals surface area contributed by atoms with Crippen molar-refractivity contribution in [2.24, 2.45) is 0 Å². The van der Waals surface area contributed by atoms with E-state index in [1.54, 1.807) is 0 Å². The van der Waals surface area contributed by atoms with Gasteiger partial charge in [-0.05, 0) is 42.9 Å². The average molecular weight is 240 g/mol. The standard InChI is InChI=1S/C16H20N2/c1-17(2)18-15-9-5-3-7-13(15)11-12-14-8-4-6-10-16(14)18/h3,5,7,9,11-12H,4,6,8,10H2,1-2H3. The molecule has 18 heavy (non-hydrogen) atoms. The summed E-state index contributed by atoms with van der Waals surface area (Å²) >= 11 is 0. The largest absolute Gasteiger partial charge is 0.278 e. The van der Waals surface area contributed by atoms with Gasteiger partial charge in [-0.3, -0.25) is 5.01 Å². The second-order valence-corrected chi connectivity index (χ2v) is 5.23. The molecular weight excluding hydrogens is 220 g/mol. The van der Waals surface area contributed by atoms with Crippen molar-refractivity contribution in [3.63, 3.8) is 0 Å². The highest BCUT2D eigenvalue weighted by atomic mass is 15.6. The maximum absolute atomic E-state index is 2.38. The van der Waals surface area contributed by atoms with Crippen LogP contribution in [0.15, 0.2) is 41.6 Å². The van der Waals surface area contributed by atoms with E-state index in [4.69, 9.17) is 0 Å². The lowest BCUT2D eigenvalue weighted by molar-refractivity contribution is 0.387. The molecule has 1 aromatic rings. The first kappa shape index (κ1) is 11.5. The maximum Gasteiger partial charge on any atom is 0.0648 e. The monoisotopic (exact) mass is 240 g/mol. The molecule has 3 rings (SSSR count). The lowest BCUT2D eigenvalue weighted by Gasteiger charge is -2.36. The number of rotatable bonds is 1. The third-order valence-corrected chi connectivity index (χ3v) is 3.77. The first-order chi connectivity index (χ1) is 8.77. The molecular formula is C16H20N2. The molecule has 0 fully saturated rings. The zero-order valence-electron chi connectivity index (χ0n) is 11.2. The van der Waals surface area contributed by atoms with Crippen LogP contribution in [0.4, 0.5) is 5.69 Å². The summed E-state index contributed by atoms with van der Waals surface area (Å²) in [5, 5.41) is 4.58. The normalized spacial score (nSPS) is 18.7. The molecule has 94 valence electrons. The molecule has 1 aromatic carbocycles. The summed E-state index contributed by atoms with van der Waals surface area (Å²) in [6.45, 7) is 0. The van der Waals surface area contributed by atoms with Crippen LogP contribution in [0.25, 0.3) is 6.08 Å². The highest BCUT2D eigenvalue weighted by Crippen LogP contribution is 2.37. The van der Waals surface area contributed by atoms with E-state index in [-0.39, 0.29) is 0 Å². The highest BCUT2D eigenvalue weighted by Gasteiger charge is 2.23. The molecule has 0 saturated carbocycles. The molecule has 0 atom stereocenters. The zero-order valence-corrected chi connectivity index (χ0v) is 11.2. The van der Waals surface area contributed by atoms with Crippen LogP contribution in [0, 0.1) is 0 Å². The van der Waals surface area contributed by atoms with Gasteiger partial charge in [-0.1, -0.05) is 30.4 Å². The third-order valence-electron chi connectivity index (χ3n) is 3.77. The van der Waals surface area contributed by atoms with Gasteiger partial charge < -0.3 is 0 Å². The third kappa shape index (κ3) is 1.87. The van der Waals surface area contributed by atoms with Gasteiger partial charge in [0.05, 0.1) is 5.69 Å². The average Bonchev–Trinajstić information content (AvgIpc) is 2.55. The van der Waals surface area contributed by atoms with E-state index in [0.29, 0.717) is 0 Å². The Bertz CT molecular complexity index is 512. The van der Waals surface area contributed by atoms with Gasteiger partial charge in [-0.25, -0.2) is 5.01 Å². The van der Waals surface area contributed by atoms with Crippen molar-refractivity contribution in [1.82, 2.24) is 5.01 Å². The smallest absolute Gasteiger partial charge is 0.0648 e. The molecule has 0 saturated heterocycles. The van der Waals surface area contributed by atoms with E-state index in [1.807, 2.05) is 0 Å². The van der Waals surface area contributed by atoms with E-state index in [1.165, 1.54) is 48.2 Å². The Morgan fingerprint density at radius 2 is 1.78 bits per heavy atom. The lowest BCUT2D eigenvalue weighted by Crippen LogP contribution is -2.37. The first-order valence-corrected chi connectivity index (χ1v) is 6.74. The molecule has 0 bridgehead atoms. The Kier molecular flexibility index (Phi) is 2.96. The number of hydrogen-bond donors (Lipinski definition) is 0. The quantitative estimate of drug-likeness (QED) is 0.736. The minimum atomic E-state index is 1.19. The van der Waals surface area contributed by atoms with Crippen LogP contribution in [-0.4, -0.2) is 19.1 Å². The van der Waals surface area contributed by atoms with E-state index in [2.05, 4.69) is 60.5 Å². The van der Waals surface area contributed by atoms with Crippen LogP contribution in [-0.2, 0) is 0 Å². The molecule has 2 heteroatoms. The Morgan fingerprint density at radius 1 is 1.00 bits per heavy atom. The van der Waals surface area contributed by atoms with Crippen LogP contribution in [0.5, 0.6) is 0 Å². The van der Waals surface area contributed by atoms with Gasteiger partial charge in [0.1, 0.15) is 0 Å². The van der Waals surface area contributed by atoms with Gasteiger partial charge in [0.2, 0.25) is 0 Å². The minimum absolute atomic E-state index is 1.19. The van der Waals surface area contributed by atoms with Crippen molar-refractivity contribution >= 4 is 11.8 Å². The van der Waals surface area contributed by atoms with Gasteiger partial charge in [0.15, 0.2) is 0 Å². The summed E-state index contributed by atoms with van der Waals surface area (Å²) in [5.41, 5.74) is 5.59. The van der Waals surface area contributed by atoms with Crippen molar-refractivity contribution in [3.05, 3.63) is 47.2 Å². The molecule has 0 aromatic heterocycles. The summed E-state index contributed by atoms with van der Waals surface area (Å²) in [6.07, 6.45) is 9.60. The fourth-order valence-corrected chi connectivity index (χ4v) is 2.95. The summed E-state index contributed by atoms with van der Waals surface area (Å²) in [6, 6.07) is 8.64. The van der Waals surface area contributed by atoms with Crippen molar-refractivity contribution < 1.29 is 0 Å². The number of anilines is 1. The zero-order chi connectivity index (χ0) is 12.5. The molecule has 2 aliphatic rings. The lowest BCUT2D eigenvalue weighted by atomic mass is 9.96. The van der Waals surface area contributed by atoms with Crippen LogP contribution in [0.3, 0.4) is 0 Å². The topological polar surface area (TPSA) is 6.48 Å². The summed E-state index contributed by atoms with van der Waals surface area (Å²) in [7, 11) is 4.25. The maximum atomic E-state index is 2.38. The van der Waals surface area contributed by atoms with Gasteiger partial charge in [0, 0.05) is 19.8 Å². The molecule has 1 aliphatic heterocycles. The Balaban J connectivity index is 2.16. The Morgan fingerprint density at radius 3 is 2.61 bits per heavy atom. The van der Waals surface area contributed by atoms with Gasteiger partial charge in [-0.15, -0.1) is 0 Å². The predicted molar refractivity (Wildman–Crippen MR) is 77.1 cm³/mol. The summed E-state index contributed by atoms with van der Waals surface area (Å²) < 4.78 is 0. The van der Waals surface area contributed by atoms with Gasteiger partial charge in [-0.2, -0.15) is 0 Å². The molecule has 0 N–H and O–H groups in total. The van der Waals surface area contributed by atoms with Crippen molar-refractivity contribution in [2.75, 3.05) is 19.1 Å². The van der Waals surface area contributed by atoms with Gasteiger partial charge in [0.25, 0.3) is 0 Å². The van der Waals surface area contributed by atoms with Crippen LogP contribution in [0.2, 0.25) is 0 Å². The predicted octanol–water partition coefficient (Wildman–Crippen LogP) is 3.82. The molecule has 0 spiro atoms. The minimum Gasteiger partial charge on any atom is -0.278 e. The van der Waals surface area contributed by atoms with Crippen LogP contribution in [0.1, 0.15) is 31.2 Å². The molecule has 0 radical (unpaired) electrons. The number of hydrazine groups is 1. The van der Waals surface area contributed by atoms with Crippen molar-refractivity contribution in [2.45, 2.75) is 25.7 Å². The molecule has 2 nitrogen and oxygen atoms in total. The summed E-state index contributed by atoms with van der Waals surface area (Å²) in [5.74, 6) is 0. The van der Waals surface area contributed by atoms with Crippen molar-refractivity contribution in [3.8, 4) is 0 Å². The number of para-hydroxylation sites is 1. The van der Waals surface area contributed by atoms with Crippen LogP contribution < -0.4 is 5.01 Å². The number of hydrogen-bond acceptors (Lipinski definition) is 2. The van der Waals surface area contributed by atoms with Crippen molar-refractivity contribution in [1.29, 1.82) is 0 Å². The first-order valence-electron chi connectivity index (χ1n) is 6.74. The molecule has 0 amide bonds. The second kappa shape index (κ2) is 4.62. The van der Waals surface area contributed by atoms with E-state index in [0.717, 1.165) is 0 Å². The second-order valence-electron chi connectivity index (χ2n) is 5.23. The van der Waals surface area contributed by atoms with E-state index < -0.39 is 0 Å². The number of nitrogens with zero attached hydrogens (tertiary/aromatic N) is 2. The SMILES string of the molecule is CN(C)N1C2=C(C=Cc3ccccc31)CCCC2. The van der Waals surface area contributed by atoms with Crippen LogP contribution >= 0.6 is 0 Å². The number of fused-ring (bicyclic) bond motifs is 1. The molecule has 1 aliphatic carbocycles.